The molecule has 3 rings (SSSR count). The highest BCUT2D eigenvalue weighted by molar-refractivity contribution is 5.65. The molecule has 0 aliphatic rings. The monoisotopic (exact) mass is 334 g/mol. The third-order valence-corrected chi connectivity index (χ3v) is 3.91. The summed E-state index contributed by atoms with van der Waals surface area (Å²) in [5, 5.41) is 6.65. The van der Waals surface area contributed by atoms with Gasteiger partial charge >= 0.3 is 0 Å². The first-order chi connectivity index (χ1) is 12.0. The van der Waals surface area contributed by atoms with E-state index in [9.17, 15) is 0 Å². The van der Waals surface area contributed by atoms with Gasteiger partial charge in [0.05, 0.1) is 7.11 Å². The summed E-state index contributed by atoms with van der Waals surface area (Å²) in [6.07, 6.45) is 0. The number of hydrogen-bond acceptors (Lipinski definition) is 5. The fraction of sp³-hybridized carbons (Fsp3) is 0.200. The second kappa shape index (κ2) is 7.21. The summed E-state index contributed by atoms with van der Waals surface area (Å²) in [5.41, 5.74) is 5.16. The standard InChI is InChI=1S/C20H22N4O/c1-13-7-5-8-14(2)19(13)24-20-21-15(3)11-18(23-20)22-16-9-6-10-17(12-16)25-4/h5-12H,1-4H3,(H2,21,22,23,24). The number of hydrogen-bond donors (Lipinski definition) is 2. The number of benzene rings is 2. The molecule has 0 radical (unpaired) electrons. The number of nitrogens with zero attached hydrogens (tertiary/aromatic N) is 2. The van der Waals surface area contributed by atoms with Crippen LogP contribution >= 0.6 is 0 Å². The number of ether oxygens (including phenoxy) is 1. The molecule has 5 nitrogen and oxygen atoms in total. The lowest BCUT2D eigenvalue weighted by atomic mass is 10.1. The molecule has 0 amide bonds. The first kappa shape index (κ1) is 16.8. The van der Waals surface area contributed by atoms with Crippen LogP contribution in [0.2, 0.25) is 0 Å². The van der Waals surface area contributed by atoms with Crippen LogP contribution in [-0.2, 0) is 0 Å². The van der Waals surface area contributed by atoms with Crippen molar-refractivity contribution >= 4 is 23.1 Å². The first-order valence-electron chi connectivity index (χ1n) is 8.15. The van der Waals surface area contributed by atoms with Crippen LogP contribution in [-0.4, -0.2) is 17.1 Å². The minimum absolute atomic E-state index is 0.572. The Bertz CT molecular complexity index is 872. The van der Waals surface area contributed by atoms with E-state index in [4.69, 9.17) is 4.74 Å². The summed E-state index contributed by atoms with van der Waals surface area (Å²) in [6.45, 7) is 6.09. The van der Waals surface area contributed by atoms with E-state index in [1.807, 2.05) is 43.3 Å². The highest BCUT2D eigenvalue weighted by Gasteiger charge is 2.07. The Labute approximate surface area is 148 Å². The predicted octanol–water partition coefficient (Wildman–Crippen LogP) is 4.90. The second-order valence-corrected chi connectivity index (χ2v) is 5.97. The second-order valence-electron chi connectivity index (χ2n) is 5.97. The molecule has 1 aromatic heterocycles. The quantitative estimate of drug-likeness (QED) is 0.695. The summed E-state index contributed by atoms with van der Waals surface area (Å²) >= 11 is 0. The van der Waals surface area contributed by atoms with Gasteiger partial charge in [-0.1, -0.05) is 24.3 Å². The maximum Gasteiger partial charge on any atom is 0.229 e. The maximum absolute atomic E-state index is 5.26. The van der Waals surface area contributed by atoms with E-state index >= 15 is 0 Å². The Morgan fingerprint density at radius 1 is 0.840 bits per heavy atom. The Balaban J connectivity index is 1.87. The number of aryl methyl sites for hydroxylation is 3. The Morgan fingerprint density at radius 2 is 1.56 bits per heavy atom. The summed E-state index contributed by atoms with van der Waals surface area (Å²) in [4.78, 5) is 9.09. The lowest BCUT2D eigenvalue weighted by Crippen LogP contribution is -2.04. The van der Waals surface area contributed by atoms with Gasteiger partial charge in [-0.2, -0.15) is 4.98 Å². The van der Waals surface area contributed by atoms with Gasteiger partial charge in [-0.05, 0) is 44.0 Å². The molecule has 0 fully saturated rings. The Hall–Kier alpha value is -3.08. The van der Waals surface area contributed by atoms with Crippen molar-refractivity contribution < 1.29 is 4.74 Å². The third kappa shape index (κ3) is 4.07. The fourth-order valence-electron chi connectivity index (χ4n) is 2.66. The third-order valence-electron chi connectivity index (χ3n) is 3.91. The lowest BCUT2D eigenvalue weighted by Gasteiger charge is -2.13. The van der Waals surface area contributed by atoms with Crippen molar-refractivity contribution in [3.63, 3.8) is 0 Å². The van der Waals surface area contributed by atoms with E-state index in [0.717, 1.165) is 39.8 Å². The van der Waals surface area contributed by atoms with Gasteiger partial charge in [0.25, 0.3) is 0 Å². The van der Waals surface area contributed by atoms with Gasteiger partial charge in [0.15, 0.2) is 0 Å². The molecule has 0 aliphatic heterocycles. The van der Waals surface area contributed by atoms with E-state index in [1.165, 1.54) is 0 Å². The van der Waals surface area contributed by atoms with Crippen molar-refractivity contribution in [1.29, 1.82) is 0 Å². The van der Waals surface area contributed by atoms with Crippen LogP contribution in [0.25, 0.3) is 0 Å². The summed E-state index contributed by atoms with van der Waals surface area (Å²) in [6, 6.07) is 15.8. The predicted molar refractivity (Wildman–Crippen MR) is 102 cm³/mol. The first-order valence-corrected chi connectivity index (χ1v) is 8.15. The molecule has 0 bridgehead atoms. The number of methoxy groups -OCH3 is 1. The van der Waals surface area contributed by atoms with Crippen LogP contribution in [0, 0.1) is 20.8 Å². The minimum atomic E-state index is 0.572. The zero-order valence-corrected chi connectivity index (χ0v) is 14.9. The average molecular weight is 334 g/mol. The minimum Gasteiger partial charge on any atom is -0.497 e. The van der Waals surface area contributed by atoms with Crippen LogP contribution in [0.3, 0.4) is 0 Å². The summed E-state index contributed by atoms with van der Waals surface area (Å²) < 4.78 is 5.26. The summed E-state index contributed by atoms with van der Waals surface area (Å²) in [7, 11) is 1.65. The largest absolute Gasteiger partial charge is 0.497 e. The van der Waals surface area contributed by atoms with Gasteiger partial charge < -0.3 is 15.4 Å². The van der Waals surface area contributed by atoms with Crippen molar-refractivity contribution in [2.45, 2.75) is 20.8 Å². The van der Waals surface area contributed by atoms with Gasteiger partial charge in [-0.3, -0.25) is 0 Å². The van der Waals surface area contributed by atoms with Crippen LogP contribution in [0.1, 0.15) is 16.8 Å². The molecule has 1 heterocycles. The Morgan fingerprint density at radius 3 is 2.28 bits per heavy atom. The fourth-order valence-corrected chi connectivity index (χ4v) is 2.66. The van der Waals surface area contributed by atoms with E-state index in [2.05, 4.69) is 46.6 Å². The van der Waals surface area contributed by atoms with Gasteiger partial charge in [0.2, 0.25) is 5.95 Å². The van der Waals surface area contributed by atoms with Crippen molar-refractivity contribution in [2.24, 2.45) is 0 Å². The van der Waals surface area contributed by atoms with Gasteiger partial charge in [0, 0.05) is 29.2 Å². The van der Waals surface area contributed by atoms with Crippen LogP contribution in [0.4, 0.5) is 23.1 Å². The number of aromatic nitrogens is 2. The van der Waals surface area contributed by atoms with Gasteiger partial charge in [0.1, 0.15) is 11.6 Å². The van der Waals surface area contributed by atoms with E-state index in [1.54, 1.807) is 7.11 Å². The molecule has 0 saturated heterocycles. The SMILES string of the molecule is COc1cccc(Nc2cc(C)nc(Nc3c(C)cccc3C)n2)c1. The lowest BCUT2D eigenvalue weighted by molar-refractivity contribution is 0.415. The van der Waals surface area contributed by atoms with Crippen molar-refractivity contribution in [3.8, 4) is 5.75 Å². The number of nitrogens with one attached hydrogen (secondary N) is 2. The maximum atomic E-state index is 5.26. The van der Waals surface area contributed by atoms with Crippen molar-refractivity contribution in [1.82, 2.24) is 9.97 Å². The highest BCUT2D eigenvalue weighted by Crippen LogP contribution is 2.25. The summed E-state index contributed by atoms with van der Waals surface area (Å²) in [5.74, 6) is 2.10. The molecule has 128 valence electrons. The van der Waals surface area contributed by atoms with Crippen LogP contribution < -0.4 is 15.4 Å². The molecule has 0 unspecified atom stereocenters. The smallest absolute Gasteiger partial charge is 0.229 e. The van der Waals surface area contributed by atoms with E-state index in [-0.39, 0.29) is 0 Å². The molecule has 5 heteroatoms. The molecule has 2 aromatic carbocycles. The molecule has 0 saturated carbocycles. The number of para-hydroxylation sites is 1. The van der Waals surface area contributed by atoms with Gasteiger partial charge in [-0.25, -0.2) is 4.98 Å². The zero-order valence-electron chi connectivity index (χ0n) is 14.9. The Kier molecular flexibility index (Phi) is 4.84. The van der Waals surface area contributed by atoms with Crippen LogP contribution in [0.5, 0.6) is 5.75 Å². The molecule has 3 aromatic rings. The molecule has 0 spiro atoms. The topological polar surface area (TPSA) is 59.1 Å². The molecule has 25 heavy (non-hydrogen) atoms. The highest BCUT2D eigenvalue weighted by atomic mass is 16.5. The van der Waals surface area contributed by atoms with E-state index < -0.39 is 0 Å². The molecule has 0 atom stereocenters. The number of anilines is 4. The molecular formula is C20H22N4O. The van der Waals surface area contributed by atoms with E-state index in [0.29, 0.717) is 5.95 Å². The average Bonchev–Trinajstić information content (AvgIpc) is 2.58. The zero-order chi connectivity index (χ0) is 17.8. The van der Waals surface area contributed by atoms with Crippen molar-refractivity contribution in [3.05, 3.63) is 65.4 Å². The molecule has 0 aliphatic carbocycles. The normalized spacial score (nSPS) is 10.4. The number of rotatable bonds is 5. The van der Waals surface area contributed by atoms with Crippen LogP contribution in [0.15, 0.2) is 48.5 Å². The molecule has 2 N–H and O–H groups in total. The molecular weight excluding hydrogens is 312 g/mol. The van der Waals surface area contributed by atoms with Crippen molar-refractivity contribution in [2.75, 3.05) is 17.7 Å². The van der Waals surface area contributed by atoms with Gasteiger partial charge in [-0.15, -0.1) is 0 Å².